The first-order valence-corrected chi connectivity index (χ1v) is 8.75. The number of hydrogen-bond acceptors (Lipinski definition) is 1. The third kappa shape index (κ3) is 4.72. The Labute approximate surface area is 135 Å². The number of rotatable bonds is 4. The second-order valence-corrected chi connectivity index (χ2v) is 8.07. The monoisotopic (exact) mass is 307 g/mol. The van der Waals surface area contributed by atoms with Crippen molar-refractivity contribution in [3.63, 3.8) is 0 Å². The molecule has 1 aliphatic carbocycles. The molecule has 3 unspecified atom stereocenters. The summed E-state index contributed by atoms with van der Waals surface area (Å²) in [5, 5.41) is 4.54. The van der Waals surface area contributed by atoms with Crippen LogP contribution in [0.4, 0.5) is 0 Å². The average molecular weight is 308 g/mol. The zero-order valence-electron chi connectivity index (χ0n) is 14.0. The van der Waals surface area contributed by atoms with Gasteiger partial charge in [0.1, 0.15) is 0 Å². The molecule has 1 N–H and O–H groups in total. The quantitative estimate of drug-likeness (QED) is 0.793. The van der Waals surface area contributed by atoms with Crippen LogP contribution in [0.15, 0.2) is 24.3 Å². The molecule has 1 saturated carbocycles. The first-order valence-electron chi connectivity index (χ1n) is 8.38. The minimum absolute atomic E-state index is 0.426. The van der Waals surface area contributed by atoms with Gasteiger partial charge in [0.15, 0.2) is 0 Å². The van der Waals surface area contributed by atoms with Crippen LogP contribution in [0.2, 0.25) is 5.02 Å². The van der Waals surface area contributed by atoms with Crippen LogP contribution in [0, 0.1) is 17.3 Å². The summed E-state index contributed by atoms with van der Waals surface area (Å²) < 4.78 is 0. The fraction of sp³-hybridized carbons (Fsp3) is 0.684. The lowest BCUT2D eigenvalue weighted by Crippen LogP contribution is -2.43. The van der Waals surface area contributed by atoms with E-state index >= 15 is 0 Å². The van der Waals surface area contributed by atoms with Crippen molar-refractivity contribution >= 4 is 11.6 Å². The highest BCUT2D eigenvalue weighted by Gasteiger charge is 2.35. The third-order valence-corrected chi connectivity index (χ3v) is 5.34. The summed E-state index contributed by atoms with van der Waals surface area (Å²) in [7, 11) is 0. The fourth-order valence-electron chi connectivity index (χ4n) is 3.73. The van der Waals surface area contributed by atoms with Crippen molar-refractivity contribution in [2.45, 2.75) is 59.4 Å². The molecule has 1 fully saturated rings. The molecule has 1 aromatic rings. The van der Waals surface area contributed by atoms with Gasteiger partial charge < -0.3 is 5.32 Å². The molecule has 1 nitrogen and oxygen atoms in total. The molecule has 3 atom stereocenters. The predicted molar refractivity (Wildman–Crippen MR) is 92.9 cm³/mol. The van der Waals surface area contributed by atoms with Gasteiger partial charge in [0.2, 0.25) is 0 Å². The molecule has 0 aliphatic heterocycles. The van der Waals surface area contributed by atoms with Crippen LogP contribution in [0.5, 0.6) is 0 Å². The number of hydrogen-bond donors (Lipinski definition) is 1. The molecular formula is C19H30ClN. The highest BCUT2D eigenvalue weighted by Crippen LogP contribution is 2.41. The smallest absolute Gasteiger partial charge is 0.0406 e. The van der Waals surface area contributed by atoms with Crippen LogP contribution < -0.4 is 5.32 Å². The first-order chi connectivity index (χ1) is 9.90. The Hall–Kier alpha value is -0.530. The van der Waals surface area contributed by atoms with Gasteiger partial charge in [0.05, 0.1) is 0 Å². The zero-order valence-corrected chi connectivity index (χ0v) is 14.7. The third-order valence-electron chi connectivity index (χ3n) is 5.08. The minimum atomic E-state index is 0.426. The van der Waals surface area contributed by atoms with E-state index in [1.54, 1.807) is 0 Å². The maximum absolute atomic E-state index is 6.00. The van der Waals surface area contributed by atoms with E-state index in [-0.39, 0.29) is 0 Å². The van der Waals surface area contributed by atoms with Crippen molar-refractivity contribution in [3.05, 3.63) is 34.9 Å². The Balaban J connectivity index is 2.08. The van der Waals surface area contributed by atoms with Crippen molar-refractivity contribution in [2.24, 2.45) is 17.3 Å². The average Bonchev–Trinajstić information content (AvgIpc) is 2.42. The van der Waals surface area contributed by atoms with Gasteiger partial charge in [-0.25, -0.2) is 0 Å². The van der Waals surface area contributed by atoms with Crippen LogP contribution in [0.25, 0.3) is 0 Å². The predicted octanol–water partition coefficient (Wildman–Crippen LogP) is 5.32. The summed E-state index contributed by atoms with van der Waals surface area (Å²) >= 11 is 6.00. The van der Waals surface area contributed by atoms with Crippen molar-refractivity contribution in [3.8, 4) is 0 Å². The SMILES string of the molecule is CCNC1CCC(C(C)(C)C)CC1Cc1ccc(Cl)cc1. The van der Waals surface area contributed by atoms with Crippen molar-refractivity contribution in [1.29, 1.82) is 0 Å². The van der Waals surface area contributed by atoms with Crippen molar-refractivity contribution in [1.82, 2.24) is 5.32 Å². The molecule has 0 amide bonds. The first kappa shape index (κ1) is 16.8. The van der Waals surface area contributed by atoms with Crippen LogP contribution in [-0.2, 0) is 6.42 Å². The number of halogens is 1. The fourth-order valence-corrected chi connectivity index (χ4v) is 3.86. The minimum Gasteiger partial charge on any atom is -0.314 e. The van der Waals surface area contributed by atoms with Crippen LogP contribution in [-0.4, -0.2) is 12.6 Å². The molecule has 118 valence electrons. The summed E-state index contributed by atoms with van der Waals surface area (Å²) in [6.45, 7) is 10.5. The Morgan fingerprint density at radius 3 is 2.38 bits per heavy atom. The molecule has 1 aliphatic rings. The highest BCUT2D eigenvalue weighted by atomic mass is 35.5. The molecule has 0 radical (unpaired) electrons. The van der Waals surface area contributed by atoms with Crippen molar-refractivity contribution in [2.75, 3.05) is 6.54 Å². The normalized spacial score (nSPS) is 26.8. The van der Waals surface area contributed by atoms with Crippen LogP contribution in [0.3, 0.4) is 0 Å². The summed E-state index contributed by atoms with van der Waals surface area (Å²) in [6, 6.07) is 9.08. The number of nitrogens with one attached hydrogen (secondary N) is 1. The molecule has 0 saturated heterocycles. The summed E-state index contributed by atoms with van der Waals surface area (Å²) in [5.41, 5.74) is 1.84. The maximum Gasteiger partial charge on any atom is 0.0406 e. The van der Waals surface area contributed by atoms with Crippen LogP contribution in [0.1, 0.15) is 52.5 Å². The second-order valence-electron chi connectivity index (χ2n) is 7.63. The molecule has 2 rings (SSSR count). The lowest BCUT2D eigenvalue weighted by molar-refractivity contribution is 0.114. The van der Waals surface area contributed by atoms with Gasteiger partial charge in [0, 0.05) is 11.1 Å². The lowest BCUT2D eigenvalue weighted by atomic mass is 9.66. The second kappa shape index (κ2) is 7.15. The van der Waals surface area contributed by atoms with E-state index in [2.05, 4.69) is 45.1 Å². The van der Waals surface area contributed by atoms with E-state index in [4.69, 9.17) is 11.6 Å². The Morgan fingerprint density at radius 2 is 1.81 bits per heavy atom. The molecule has 21 heavy (non-hydrogen) atoms. The zero-order chi connectivity index (χ0) is 15.5. The molecular weight excluding hydrogens is 278 g/mol. The lowest BCUT2D eigenvalue weighted by Gasteiger charge is -2.42. The van der Waals surface area contributed by atoms with Gasteiger partial charge in [-0.3, -0.25) is 0 Å². The summed E-state index contributed by atoms with van der Waals surface area (Å²) in [6.07, 6.45) is 5.18. The molecule has 1 aromatic carbocycles. The van der Waals surface area contributed by atoms with E-state index in [1.165, 1.54) is 31.2 Å². The standard InChI is InChI=1S/C19H30ClN/c1-5-21-18-11-8-16(19(2,3)4)13-15(18)12-14-6-9-17(20)10-7-14/h6-7,9-10,15-16,18,21H,5,8,11-13H2,1-4H3. The molecule has 0 aromatic heterocycles. The van der Waals surface area contributed by atoms with E-state index in [1.807, 2.05) is 12.1 Å². The maximum atomic E-state index is 6.00. The van der Waals surface area contributed by atoms with Gasteiger partial charge in [-0.1, -0.05) is 51.4 Å². The van der Waals surface area contributed by atoms with Crippen molar-refractivity contribution < 1.29 is 0 Å². The number of benzene rings is 1. The molecule has 2 heteroatoms. The molecule has 0 heterocycles. The van der Waals surface area contributed by atoms with E-state index in [0.717, 1.165) is 23.4 Å². The van der Waals surface area contributed by atoms with Gasteiger partial charge in [0.25, 0.3) is 0 Å². The van der Waals surface area contributed by atoms with E-state index < -0.39 is 0 Å². The summed E-state index contributed by atoms with van der Waals surface area (Å²) in [5.74, 6) is 1.58. The van der Waals surface area contributed by atoms with Gasteiger partial charge in [-0.2, -0.15) is 0 Å². The van der Waals surface area contributed by atoms with E-state index in [0.29, 0.717) is 11.5 Å². The summed E-state index contributed by atoms with van der Waals surface area (Å²) in [4.78, 5) is 0. The largest absolute Gasteiger partial charge is 0.314 e. The topological polar surface area (TPSA) is 12.0 Å². The highest BCUT2D eigenvalue weighted by molar-refractivity contribution is 6.30. The Kier molecular flexibility index (Phi) is 5.73. The van der Waals surface area contributed by atoms with Gasteiger partial charge in [-0.15, -0.1) is 0 Å². The Morgan fingerprint density at radius 1 is 1.14 bits per heavy atom. The van der Waals surface area contributed by atoms with E-state index in [9.17, 15) is 0 Å². The van der Waals surface area contributed by atoms with Gasteiger partial charge in [-0.05, 0) is 67.2 Å². The molecule has 0 spiro atoms. The molecule has 0 bridgehead atoms. The Bertz CT molecular complexity index is 432. The van der Waals surface area contributed by atoms with Crippen LogP contribution >= 0.6 is 11.6 Å². The van der Waals surface area contributed by atoms with Gasteiger partial charge >= 0.3 is 0 Å².